The quantitative estimate of drug-likeness (QED) is 0.895. The van der Waals surface area contributed by atoms with Gasteiger partial charge >= 0.3 is 0 Å². The summed E-state index contributed by atoms with van der Waals surface area (Å²) in [6.07, 6.45) is 1.05. The molecule has 0 saturated carbocycles. The third-order valence-electron chi connectivity index (χ3n) is 2.91. The average Bonchev–Trinajstić information content (AvgIpc) is 2.48. The third kappa shape index (κ3) is 3.28. The molecule has 5 heteroatoms. The Balaban J connectivity index is 2.37. The Labute approximate surface area is 127 Å². The van der Waals surface area contributed by atoms with Gasteiger partial charge in [0.05, 0.1) is 17.3 Å². The molecule has 0 radical (unpaired) electrons. The summed E-state index contributed by atoms with van der Waals surface area (Å²) in [7, 11) is 1.65. The van der Waals surface area contributed by atoms with Gasteiger partial charge in [-0.15, -0.1) is 0 Å². The fourth-order valence-electron chi connectivity index (χ4n) is 1.79. The minimum absolute atomic E-state index is 0.715. The predicted molar refractivity (Wildman–Crippen MR) is 85.2 cm³/mol. The van der Waals surface area contributed by atoms with Crippen molar-refractivity contribution in [2.24, 2.45) is 0 Å². The van der Waals surface area contributed by atoms with Crippen molar-refractivity contribution < 1.29 is 4.74 Å². The molecule has 0 aliphatic heterocycles. The van der Waals surface area contributed by atoms with Gasteiger partial charge in [0.1, 0.15) is 11.6 Å². The third-order valence-corrected chi connectivity index (χ3v) is 3.86. The monoisotopic (exact) mass is 335 g/mol. The number of nitrogens with zero attached hydrogens (tertiary/aromatic N) is 2. The minimum atomic E-state index is 0.715. The SMILES string of the molecule is CCCNc1nc(-c2ccc(OC)cc2)nc(C)c1Br. The molecule has 0 unspecified atom stereocenters. The lowest BCUT2D eigenvalue weighted by molar-refractivity contribution is 0.415. The van der Waals surface area contributed by atoms with Crippen LogP contribution in [0, 0.1) is 6.92 Å². The van der Waals surface area contributed by atoms with E-state index in [0.717, 1.165) is 40.3 Å². The fraction of sp³-hybridized carbons (Fsp3) is 0.333. The van der Waals surface area contributed by atoms with Crippen LogP contribution in [0.3, 0.4) is 0 Å². The van der Waals surface area contributed by atoms with E-state index in [1.54, 1.807) is 7.11 Å². The summed E-state index contributed by atoms with van der Waals surface area (Å²) in [5, 5.41) is 3.31. The first kappa shape index (κ1) is 14.8. The number of ether oxygens (including phenoxy) is 1. The topological polar surface area (TPSA) is 47.0 Å². The lowest BCUT2D eigenvalue weighted by Gasteiger charge is -2.11. The average molecular weight is 336 g/mol. The van der Waals surface area contributed by atoms with Crippen molar-refractivity contribution in [3.63, 3.8) is 0 Å². The first-order chi connectivity index (χ1) is 9.65. The molecule has 20 heavy (non-hydrogen) atoms. The molecule has 0 amide bonds. The van der Waals surface area contributed by atoms with Crippen molar-refractivity contribution >= 4 is 21.7 Å². The molecule has 1 aromatic heterocycles. The summed E-state index contributed by atoms with van der Waals surface area (Å²) in [5.74, 6) is 2.38. The summed E-state index contributed by atoms with van der Waals surface area (Å²) < 4.78 is 6.08. The molecule has 1 aromatic carbocycles. The molecule has 0 atom stereocenters. The lowest BCUT2D eigenvalue weighted by Crippen LogP contribution is -2.06. The molecule has 0 bridgehead atoms. The van der Waals surface area contributed by atoms with Crippen molar-refractivity contribution in [2.45, 2.75) is 20.3 Å². The molecule has 1 heterocycles. The van der Waals surface area contributed by atoms with Crippen LogP contribution in [0.15, 0.2) is 28.7 Å². The predicted octanol–water partition coefficient (Wildman–Crippen LogP) is 4.05. The van der Waals surface area contributed by atoms with Crippen LogP contribution in [0.2, 0.25) is 0 Å². The molecule has 0 aliphatic carbocycles. The Morgan fingerprint density at radius 3 is 2.50 bits per heavy atom. The van der Waals surface area contributed by atoms with Crippen LogP contribution in [0.5, 0.6) is 5.75 Å². The van der Waals surface area contributed by atoms with Crippen LogP contribution < -0.4 is 10.1 Å². The van der Waals surface area contributed by atoms with Gasteiger partial charge in [0.15, 0.2) is 5.82 Å². The van der Waals surface area contributed by atoms with E-state index in [0.29, 0.717) is 5.82 Å². The highest BCUT2D eigenvalue weighted by Crippen LogP contribution is 2.27. The van der Waals surface area contributed by atoms with E-state index in [1.807, 2.05) is 31.2 Å². The van der Waals surface area contributed by atoms with Gasteiger partial charge in [0, 0.05) is 12.1 Å². The Kier molecular flexibility index (Phi) is 4.95. The summed E-state index contributed by atoms with van der Waals surface area (Å²) in [4.78, 5) is 9.11. The van der Waals surface area contributed by atoms with E-state index in [4.69, 9.17) is 4.74 Å². The maximum Gasteiger partial charge on any atom is 0.161 e. The number of aromatic nitrogens is 2. The number of nitrogens with one attached hydrogen (secondary N) is 1. The highest BCUT2D eigenvalue weighted by atomic mass is 79.9. The van der Waals surface area contributed by atoms with Gasteiger partial charge in [-0.3, -0.25) is 0 Å². The van der Waals surface area contributed by atoms with Crippen molar-refractivity contribution in [2.75, 3.05) is 19.0 Å². The number of halogens is 1. The molecular formula is C15H18BrN3O. The standard InChI is InChI=1S/C15H18BrN3O/c1-4-9-17-15-13(16)10(2)18-14(19-15)11-5-7-12(20-3)8-6-11/h5-8H,4,9H2,1-3H3,(H,17,18,19). The second kappa shape index (κ2) is 6.70. The van der Waals surface area contributed by atoms with Gasteiger partial charge in [-0.05, 0) is 53.5 Å². The van der Waals surface area contributed by atoms with Crippen molar-refractivity contribution in [1.82, 2.24) is 9.97 Å². The van der Waals surface area contributed by atoms with Gasteiger partial charge in [0.25, 0.3) is 0 Å². The summed E-state index contributed by atoms with van der Waals surface area (Å²) >= 11 is 3.53. The van der Waals surface area contributed by atoms with E-state index >= 15 is 0 Å². The number of rotatable bonds is 5. The summed E-state index contributed by atoms with van der Waals surface area (Å²) in [6.45, 7) is 4.98. The molecule has 4 nitrogen and oxygen atoms in total. The second-order valence-corrected chi connectivity index (χ2v) is 5.24. The summed E-state index contributed by atoms with van der Waals surface area (Å²) in [6, 6.07) is 7.75. The van der Waals surface area contributed by atoms with Crippen LogP contribution in [0.25, 0.3) is 11.4 Å². The number of aryl methyl sites for hydroxylation is 1. The zero-order chi connectivity index (χ0) is 14.5. The highest BCUT2D eigenvalue weighted by Gasteiger charge is 2.10. The van der Waals surface area contributed by atoms with Gasteiger partial charge in [-0.25, -0.2) is 9.97 Å². The highest BCUT2D eigenvalue weighted by molar-refractivity contribution is 9.10. The molecule has 0 spiro atoms. The van der Waals surface area contributed by atoms with Gasteiger partial charge in [-0.2, -0.15) is 0 Å². The Bertz CT molecular complexity index is 584. The number of benzene rings is 1. The Hall–Kier alpha value is -1.62. The zero-order valence-electron chi connectivity index (χ0n) is 11.9. The molecule has 106 valence electrons. The van der Waals surface area contributed by atoms with E-state index in [2.05, 4.69) is 38.1 Å². The fourth-order valence-corrected chi connectivity index (χ4v) is 2.11. The van der Waals surface area contributed by atoms with Crippen LogP contribution in [0.4, 0.5) is 5.82 Å². The maximum atomic E-state index is 5.16. The van der Waals surface area contributed by atoms with Crippen LogP contribution in [-0.2, 0) is 0 Å². The Morgan fingerprint density at radius 1 is 1.20 bits per heavy atom. The number of anilines is 1. The Morgan fingerprint density at radius 2 is 1.90 bits per heavy atom. The minimum Gasteiger partial charge on any atom is -0.497 e. The molecule has 2 rings (SSSR count). The van der Waals surface area contributed by atoms with E-state index in [1.165, 1.54) is 0 Å². The first-order valence-electron chi connectivity index (χ1n) is 6.58. The smallest absolute Gasteiger partial charge is 0.161 e. The van der Waals surface area contributed by atoms with Gasteiger partial charge < -0.3 is 10.1 Å². The van der Waals surface area contributed by atoms with Crippen molar-refractivity contribution in [3.8, 4) is 17.1 Å². The normalized spacial score (nSPS) is 10.4. The second-order valence-electron chi connectivity index (χ2n) is 4.45. The maximum absolute atomic E-state index is 5.16. The molecule has 0 aliphatic rings. The largest absolute Gasteiger partial charge is 0.497 e. The molecule has 1 N–H and O–H groups in total. The lowest BCUT2D eigenvalue weighted by atomic mass is 10.2. The number of hydrogen-bond acceptors (Lipinski definition) is 4. The van der Waals surface area contributed by atoms with Gasteiger partial charge in [-0.1, -0.05) is 6.92 Å². The number of methoxy groups -OCH3 is 1. The van der Waals surface area contributed by atoms with Crippen LogP contribution >= 0.6 is 15.9 Å². The molecule has 0 fully saturated rings. The summed E-state index contributed by atoms with van der Waals surface area (Å²) in [5.41, 5.74) is 1.89. The zero-order valence-corrected chi connectivity index (χ0v) is 13.5. The van der Waals surface area contributed by atoms with Crippen molar-refractivity contribution in [1.29, 1.82) is 0 Å². The molecule has 0 saturated heterocycles. The van der Waals surface area contributed by atoms with Gasteiger partial charge in [0.2, 0.25) is 0 Å². The molecular weight excluding hydrogens is 318 g/mol. The van der Waals surface area contributed by atoms with Crippen molar-refractivity contribution in [3.05, 3.63) is 34.4 Å². The first-order valence-corrected chi connectivity index (χ1v) is 7.37. The van der Waals surface area contributed by atoms with E-state index in [-0.39, 0.29) is 0 Å². The van der Waals surface area contributed by atoms with Crippen LogP contribution in [0.1, 0.15) is 19.0 Å². The van der Waals surface area contributed by atoms with Crippen LogP contribution in [-0.4, -0.2) is 23.6 Å². The number of hydrogen-bond donors (Lipinski definition) is 1. The van der Waals surface area contributed by atoms with E-state index < -0.39 is 0 Å². The molecule has 2 aromatic rings. The van der Waals surface area contributed by atoms with E-state index in [9.17, 15) is 0 Å².